The molecule has 1 aromatic carbocycles. The Kier molecular flexibility index (Phi) is 13.3. The molecule has 0 spiro atoms. The summed E-state index contributed by atoms with van der Waals surface area (Å²) in [5.74, 6) is -5.76. The maximum atomic E-state index is 13.3. The van der Waals surface area contributed by atoms with Crippen LogP contribution in [-0.2, 0) is 41.6 Å². The quantitative estimate of drug-likeness (QED) is 0.111. The summed E-state index contributed by atoms with van der Waals surface area (Å²) in [5.41, 5.74) is 6.96. The first kappa shape index (κ1) is 34.4. The van der Waals surface area contributed by atoms with Crippen molar-refractivity contribution in [2.75, 3.05) is 0 Å². The fraction of sp³-hybridized carbons (Fsp3) is 0.464. The minimum absolute atomic E-state index is 0.00519. The highest BCUT2D eigenvalue weighted by atomic mass is 16.4. The van der Waals surface area contributed by atoms with Crippen LogP contribution in [0.2, 0.25) is 0 Å². The molecule has 0 aliphatic heterocycles. The number of carboxylic acids is 2. The number of rotatable bonds is 17. The van der Waals surface area contributed by atoms with E-state index in [0.29, 0.717) is 11.3 Å². The number of benzene rings is 1. The number of aliphatic carboxylic acids is 2. The van der Waals surface area contributed by atoms with E-state index in [1.165, 1.54) is 19.4 Å². The van der Waals surface area contributed by atoms with Crippen LogP contribution in [0, 0.1) is 5.92 Å². The number of hydrogen-bond acceptors (Lipinski definition) is 8. The Morgan fingerprint density at radius 2 is 1.42 bits per heavy atom. The van der Waals surface area contributed by atoms with Crippen LogP contribution in [0.3, 0.4) is 0 Å². The van der Waals surface area contributed by atoms with Gasteiger partial charge in [0, 0.05) is 25.5 Å². The SMILES string of the molecule is CC(C)[C@H](N)C(=O)N[C@@H](CCC(=O)O)C(=O)N[C@@H](Cc1ccccc1)C(=O)N[C@@H](C)C(=O)N[C@@H](Cc1c[nH]cn1)C(=O)O. The first-order chi connectivity index (χ1) is 20.3. The number of nitrogens with zero attached hydrogens (tertiary/aromatic N) is 1. The Bertz CT molecular complexity index is 1250. The van der Waals surface area contributed by atoms with Gasteiger partial charge in [-0.15, -0.1) is 0 Å². The fourth-order valence-electron chi connectivity index (χ4n) is 3.93. The van der Waals surface area contributed by atoms with Crippen LogP contribution in [0.15, 0.2) is 42.9 Å². The van der Waals surface area contributed by atoms with E-state index in [1.54, 1.807) is 44.2 Å². The summed E-state index contributed by atoms with van der Waals surface area (Å²) < 4.78 is 0. The topological polar surface area (TPSA) is 246 Å². The van der Waals surface area contributed by atoms with Crippen LogP contribution in [0.1, 0.15) is 44.9 Å². The lowest BCUT2D eigenvalue weighted by Crippen LogP contribution is -2.58. The number of nitrogens with one attached hydrogen (secondary N) is 5. The van der Waals surface area contributed by atoms with E-state index in [9.17, 15) is 33.9 Å². The van der Waals surface area contributed by atoms with Gasteiger partial charge in [-0.2, -0.15) is 0 Å². The zero-order valence-electron chi connectivity index (χ0n) is 24.2. The highest BCUT2D eigenvalue weighted by molar-refractivity contribution is 5.95. The van der Waals surface area contributed by atoms with Crippen LogP contribution < -0.4 is 27.0 Å². The first-order valence-electron chi connectivity index (χ1n) is 13.7. The van der Waals surface area contributed by atoms with Crippen LogP contribution in [0.4, 0.5) is 0 Å². The van der Waals surface area contributed by atoms with Crippen molar-refractivity contribution in [3.05, 3.63) is 54.1 Å². The minimum Gasteiger partial charge on any atom is -0.481 e. The molecule has 1 aromatic heterocycles. The average Bonchev–Trinajstić information content (AvgIpc) is 3.47. The minimum atomic E-state index is -1.31. The summed E-state index contributed by atoms with van der Waals surface area (Å²) in [5, 5.41) is 28.6. The van der Waals surface area contributed by atoms with Crippen molar-refractivity contribution < 1.29 is 39.0 Å². The summed E-state index contributed by atoms with van der Waals surface area (Å²) >= 11 is 0. The standard InChI is InChI=1S/C28H39N7O8/c1-15(2)23(29)27(41)33-19(9-10-22(36)37)25(39)34-20(11-17-7-5-4-6-8-17)26(40)32-16(3)24(38)35-21(28(42)43)12-18-13-30-14-31-18/h4-8,13-16,19-21,23H,9-12,29H2,1-3H3,(H,30,31)(H,32,40)(H,33,41)(H,34,39)(H,35,38)(H,36,37)(H,42,43)/t16-,19-,20-,21-,23-/m0/s1. The monoisotopic (exact) mass is 601 g/mol. The molecule has 0 unspecified atom stereocenters. The third kappa shape index (κ3) is 11.5. The number of carboxylic acid groups (broad SMARTS) is 2. The number of aromatic nitrogens is 2. The molecule has 2 aromatic rings. The number of amides is 4. The molecule has 15 heteroatoms. The predicted octanol–water partition coefficient (Wildman–Crippen LogP) is -0.913. The van der Waals surface area contributed by atoms with E-state index in [1.807, 2.05) is 0 Å². The molecule has 4 amide bonds. The van der Waals surface area contributed by atoms with Gasteiger partial charge in [0.1, 0.15) is 24.2 Å². The van der Waals surface area contributed by atoms with Gasteiger partial charge in [0.25, 0.3) is 0 Å². The molecule has 2 rings (SSSR count). The highest BCUT2D eigenvalue weighted by Gasteiger charge is 2.31. The van der Waals surface area contributed by atoms with Gasteiger partial charge < -0.3 is 42.2 Å². The summed E-state index contributed by atoms with van der Waals surface area (Å²) in [6.07, 6.45) is 2.06. The molecule has 0 fully saturated rings. The lowest BCUT2D eigenvalue weighted by Gasteiger charge is -2.26. The second-order valence-electron chi connectivity index (χ2n) is 10.4. The van der Waals surface area contributed by atoms with E-state index in [0.717, 1.165) is 0 Å². The number of carbonyl (C=O) groups is 6. The number of hydrogen-bond donors (Lipinski definition) is 8. The number of nitrogens with two attached hydrogens (primary N) is 1. The zero-order valence-corrected chi connectivity index (χ0v) is 24.2. The molecule has 43 heavy (non-hydrogen) atoms. The van der Waals surface area contributed by atoms with Gasteiger partial charge >= 0.3 is 11.9 Å². The molecule has 0 saturated heterocycles. The Hall–Kier alpha value is -4.79. The number of carbonyl (C=O) groups excluding carboxylic acids is 4. The molecule has 1 heterocycles. The van der Waals surface area contributed by atoms with Crippen molar-refractivity contribution in [1.29, 1.82) is 0 Å². The molecular formula is C28H39N7O8. The van der Waals surface area contributed by atoms with Crippen LogP contribution >= 0.6 is 0 Å². The molecule has 234 valence electrons. The van der Waals surface area contributed by atoms with E-state index in [-0.39, 0.29) is 25.2 Å². The van der Waals surface area contributed by atoms with Gasteiger partial charge in [-0.25, -0.2) is 9.78 Å². The van der Waals surface area contributed by atoms with Crippen molar-refractivity contribution in [3.63, 3.8) is 0 Å². The fourth-order valence-corrected chi connectivity index (χ4v) is 3.93. The zero-order chi connectivity index (χ0) is 32.1. The van der Waals surface area contributed by atoms with Gasteiger partial charge in [-0.3, -0.25) is 24.0 Å². The molecule has 15 nitrogen and oxygen atoms in total. The molecule has 0 bridgehead atoms. The van der Waals surface area contributed by atoms with Crippen molar-refractivity contribution in [3.8, 4) is 0 Å². The molecule has 5 atom stereocenters. The second kappa shape index (κ2) is 16.6. The van der Waals surface area contributed by atoms with Gasteiger partial charge in [0.15, 0.2) is 0 Å². The Balaban J connectivity index is 2.19. The van der Waals surface area contributed by atoms with E-state index in [2.05, 4.69) is 31.2 Å². The van der Waals surface area contributed by atoms with E-state index in [4.69, 9.17) is 10.8 Å². The van der Waals surface area contributed by atoms with Gasteiger partial charge in [-0.1, -0.05) is 44.2 Å². The van der Waals surface area contributed by atoms with Crippen molar-refractivity contribution in [2.24, 2.45) is 11.7 Å². The summed E-state index contributed by atoms with van der Waals surface area (Å²) in [6, 6.07) is 2.66. The van der Waals surface area contributed by atoms with Crippen LogP contribution in [0.25, 0.3) is 0 Å². The summed E-state index contributed by atoms with van der Waals surface area (Å²) in [6.45, 7) is 4.78. The number of H-pyrrole nitrogens is 1. The van der Waals surface area contributed by atoms with Crippen molar-refractivity contribution in [1.82, 2.24) is 31.2 Å². The summed E-state index contributed by atoms with van der Waals surface area (Å²) in [7, 11) is 0. The van der Waals surface area contributed by atoms with Crippen molar-refractivity contribution >= 4 is 35.6 Å². The molecule has 0 saturated carbocycles. The lowest BCUT2D eigenvalue weighted by molar-refractivity contribution is -0.142. The molecule has 0 aliphatic rings. The summed E-state index contributed by atoms with van der Waals surface area (Å²) in [4.78, 5) is 81.6. The molecule has 0 radical (unpaired) electrons. The van der Waals surface area contributed by atoms with E-state index >= 15 is 0 Å². The van der Waals surface area contributed by atoms with Gasteiger partial charge in [-0.05, 0) is 24.8 Å². The largest absolute Gasteiger partial charge is 0.481 e. The van der Waals surface area contributed by atoms with Crippen LogP contribution in [0.5, 0.6) is 0 Å². The van der Waals surface area contributed by atoms with E-state index < -0.39 is 72.2 Å². The van der Waals surface area contributed by atoms with Crippen molar-refractivity contribution in [2.45, 2.75) is 76.7 Å². The maximum Gasteiger partial charge on any atom is 0.326 e. The molecular weight excluding hydrogens is 562 g/mol. The van der Waals surface area contributed by atoms with Gasteiger partial charge in [0.05, 0.1) is 18.1 Å². The second-order valence-corrected chi connectivity index (χ2v) is 10.4. The Labute approximate surface area is 248 Å². The highest BCUT2D eigenvalue weighted by Crippen LogP contribution is 2.08. The molecule has 9 N–H and O–H groups in total. The number of aromatic amines is 1. The normalized spacial score (nSPS) is 14.4. The maximum absolute atomic E-state index is 13.3. The third-order valence-electron chi connectivity index (χ3n) is 6.55. The number of imidazole rings is 1. The lowest BCUT2D eigenvalue weighted by atomic mass is 10.0. The predicted molar refractivity (Wildman–Crippen MR) is 153 cm³/mol. The van der Waals surface area contributed by atoms with Crippen LogP contribution in [-0.4, -0.2) is 86.0 Å². The smallest absolute Gasteiger partial charge is 0.326 e. The third-order valence-corrected chi connectivity index (χ3v) is 6.55. The molecule has 0 aliphatic carbocycles. The van der Waals surface area contributed by atoms with Gasteiger partial charge in [0.2, 0.25) is 23.6 Å². The Morgan fingerprint density at radius 3 is 1.98 bits per heavy atom. The average molecular weight is 602 g/mol. The Morgan fingerprint density at radius 1 is 0.814 bits per heavy atom. The first-order valence-corrected chi connectivity index (χ1v) is 13.7.